The largest absolute Gasteiger partial charge is 0.508 e. The van der Waals surface area contributed by atoms with Crippen molar-refractivity contribution in [2.45, 2.75) is 38.5 Å². The van der Waals surface area contributed by atoms with Gasteiger partial charge < -0.3 is 15.2 Å². The van der Waals surface area contributed by atoms with Gasteiger partial charge in [0.25, 0.3) is 0 Å². The SMILES string of the molecule is CC1CCC(C(=O)NCc2cccc(O)c2)O1. The Labute approximate surface area is 101 Å². The highest BCUT2D eigenvalue weighted by Gasteiger charge is 2.27. The zero-order valence-corrected chi connectivity index (χ0v) is 9.85. The predicted octanol–water partition coefficient (Wildman–Crippen LogP) is 1.58. The standard InChI is InChI=1S/C13H17NO3/c1-9-5-6-12(17-9)13(16)14-8-10-3-2-4-11(15)7-10/h2-4,7,9,12,15H,5-6,8H2,1H3,(H,14,16). The summed E-state index contributed by atoms with van der Waals surface area (Å²) in [4.78, 5) is 11.8. The molecule has 2 N–H and O–H groups in total. The average Bonchev–Trinajstić information content (AvgIpc) is 2.73. The predicted molar refractivity (Wildman–Crippen MR) is 63.5 cm³/mol. The molecule has 2 rings (SSSR count). The molecule has 1 fully saturated rings. The van der Waals surface area contributed by atoms with Gasteiger partial charge in [0.2, 0.25) is 5.91 Å². The Morgan fingerprint density at radius 3 is 3.00 bits per heavy atom. The van der Waals surface area contributed by atoms with E-state index in [9.17, 15) is 9.90 Å². The molecule has 4 heteroatoms. The van der Waals surface area contributed by atoms with Crippen molar-refractivity contribution in [2.24, 2.45) is 0 Å². The molecule has 1 amide bonds. The fraction of sp³-hybridized carbons (Fsp3) is 0.462. The monoisotopic (exact) mass is 235 g/mol. The van der Waals surface area contributed by atoms with Crippen LogP contribution in [0.2, 0.25) is 0 Å². The van der Waals surface area contributed by atoms with Gasteiger partial charge in [0.15, 0.2) is 0 Å². The summed E-state index contributed by atoms with van der Waals surface area (Å²) in [6, 6.07) is 6.86. The highest BCUT2D eigenvalue weighted by Crippen LogP contribution is 2.19. The molecule has 1 aliphatic heterocycles. The van der Waals surface area contributed by atoms with Crippen LogP contribution < -0.4 is 5.32 Å². The van der Waals surface area contributed by atoms with Gasteiger partial charge in [0, 0.05) is 6.54 Å². The molecule has 1 aromatic rings. The molecule has 0 bridgehead atoms. The Bertz CT molecular complexity index is 405. The van der Waals surface area contributed by atoms with Crippen LogP contribution in [0, 0.1) is 0 Å². The molecule has 0 radical (unpaired) electrons. The van der Waals surface area contributed by atoms with Gasteiger partial charge in [-0.15, -0.1) is 0 Å². The third-order valence-electron chi connectivity index (χ3n) is 2.90. The number of hydrogen-bond donors (Lipinski definition) is 2. The lowest BCUT2D eigenvalue weighted by molar-refractivity contribution is -0.131. The highest BCUT2D eigenvalue weighted by atomic mass is 16.5. The minimum Gasteiger partial charge on any atom is -0.508 e. The van der Waals surface area contributed by atoms with Crippen molar-refractivity contribution >= 4 is 5.91 Å². The lowest BCUT2D eigenvalue weighted by atomic mass is 10.2. The van der Waals surface area contributed by atoms with Crippen LogP contribution in [0.4, 0.5) is 0 Å². The smallest absolute Gasteiger partial charge is 0.249 e. The first-order valence-electron chi connectivity index (χ1n) is 5.86. The molecule has 0 aromatic heterocycles. The van der Waals surface area contributed by atoms with Crippen LogP contribution in [-0.2, 0) is 16.1 Å². The van der Waals surface area contributed by atoms with E-state index in [0.29, 0.717) is 6.54 Å². The number of rotatable bonds is 3. The molecule has 2 atom stereocenters. The average molecular weight is 235 g/mol. The summed E-state index contributed by atoms with van der Waals surface area (Å²) >= 11 is 0. The van der Waals surface area contributed by atoms with Crippen molar-refractivity contribution in [1.82, 2.24) is 5.32 Å². The third-order valence-corrected chi connectivity index (χ3v) is 2.90. The maximum Gasteiger partial charge on any atom is 0.249 e. The van der Waals surface area contributed by atoms with Crippen LogP contribution in [0.1, 0.15) is 25.3 Å². The Balaban J connectivity index is 1.84. The van der Waals surface area contributed by atoms with Crippen LogP contribution in [0.3, 0.4) is 0 Å². The fourth-order valence-corrected chi connectivity index (χ4v) is 1.96. The number of aromatic hydroxyl groups is 1. The molecule has 4 nitrogen and oxygen atoms in total. The van der Waals surface area contributed by atoms with Gasteiger partial charge >= 0.3 is 0 Å². The van der Waals surface area contributed by atoms with Crippen molar-refractivity contribution in [2.75, 3.05) is 0 Å². The van der Waals surface area contributed by atoms with Crippen LogP contribution in [0.5, 0.6) is 5.75 Å². The number of benzene rings is 1. The minimum absolute atomic E-state index is 0.0716. The van der Waals surface area contributed by atoms with E-state index < -0.39 is 0 Å². The molecule has 0 spiro atoms. The number of hydrogen-bond acceptors (Lipinski definition) is 3. The van der Waals surface area contributed by atoms with Crippen LogP contribution >= 0.6 is 0 Å². The summed E-state index contributed by atoms with van der Waals surface area (Å²) < 4.78 is 5.47. The summed E-state index contributed by atoms with van der Waals surface area (Å²) in [5.74, 6) is 0.139. The molecule has 2 unspecified atom stereocenters. The van der Waals surface area contributed by atoms with Crippen LogP contribution in [0.15, 0.2) is 24.3 Å². The second-order valence-corrected chi connectivity index (χ2v) is 4.40. The van der Waals surface area contributed by atoms with E-state index in [2.05, 4.69) is 5.32 Å². The number of nitrogens with one attached hydrogen (secondary N) is 1. The summed E-state index contributed by atoms with van der Waals surface area (Å²) in [7, 11) is 0. The molecule has 0 saturated carbocycles. The van der Waals surface area contributed by atoms with Crippen molar-refractivity contribution in [1.29, 1.82) is 0 Å². The number of phenols is 1. The summed E-state index contributed by atoms with van der Waals surface area (Å²) in [5.41, 5.74) is 0.879. The summed E-state index contributed by atoms with van der Waals surface area (Å²) in [5, 5.41) is 12.1. The molecule has 92 valence electrons. The van der Waals surface area contributed by atoms with Crippen LogP contribution in [0.25, 0.3) is 0 Å². The summed E-state index contributed by atoms with van der Waals surface area (Å²) in [6.07, 6.45) is 1.57. The molecule has 1 saturated heterocycles. The minimum atomic E-state index is -0.317. The van der Waals surface area contributed by atoms with E-state index >= 15 is 0 Å². The van der Waals surface area contributed by atoms with Crippen molar-refractivity contribution in [3.63, 3.8) is 0 Å². The Morgan fingerprint density at radius 1 is 1.53 bits per heavy atom. The van der Waals surface area contributed by atoms with Crippen molar-refractivity contribution in [3.8, 4) is 5.75 Å². The number of phenolic OH excluding ortho intramolecular Hbond substituents is 1. The molecular formula is C13H17NO3. The lowest BCUT2D eigenvalue weighted by Gasteiger charge is -2.11. The number of amides is 1. The van der Waals surface area contributed by atoms with E-state index in [4.69, 9.17) is 4.74 Å². The molecule has 17 heavy (non-hydrogen) atoms. The molecule has 1 aliphatic rings. The van der Waals surface area contributed by atoms with Gasteiger partial charge in [0.1, 0.15) is 11.9 Å². The quantitative estimate of drug-likeness (QED) is 0.836. The zero-order chi connectivity index (χ0) is 12.3. The number of ether oxygens (including phenoxy) is 1. The van der Waals surface area contributed by atoms with Gasteiger partial charge in [-0.1, -0.05) is 12.1 Å². The first-order chi connectivity index (χ1) is 8.15. The van der Waals surface area contributed by atoms with Crippen molar-refractivity contribution in [3.05, 3.63) is 29.8 Å². The van der Waals surface area contributed by atoms with Gasteiger partial charge in [-0.25, -0.2) is 0 Å². The third kappa shape index (κ3) is 3.20. The maximum atomic E-state index is 11.8. The first-order valence-corrected chi connectivity index (χ1v) is 5.86. The van der Waals surface area contributed by atoms with E-state index in [1.54, 1.807) is 18.2 Å². The molecule has 1 heterocycles. The van der Waals surface area contributed by atoms with Crippen molar-refractivity contribution < 1.29 is 14.6 Å². The first kappa shape index (κ1) is 11.9. The lowest BCUT2D eigenvalue weighted by Crippen LogP contribution is -2.34. The normalized spacial score (nSPS) is 23.6. The van der Waals surface area contributed by atoms with E-state index in [1.807, 2.05) is 13.0 Å². The Kier molecular flexibility index (Phi) is 3.64. The molecule has 0 aliphatic carbocycles. The summed E-state index contributed by atoms with van der Waals surface area (Å²) in [6.45, 7) is 2.39. The van der Waals surface area contributed by atoms with E-state index in [-0.39, 0.29) is 23.9 Å². The van der Waals surface area contributed by atoms with E-state index in [1.165, 1.54) is 0 Å². The van der Waals surface area contributed by atoms with Gasteiger partial charge in [0.05, 0.1) is 6.10 Å². The van der Waals surface area contributed by atoms with Gasteiger partial charge in [-0.2, -0.15) is 0 Å². The maximum absolute atomic E-state index is 11.8. The molecule has 1 aromatic carbocycles. The fourth-order valence-electron chi connectivity index (χ4n) is 1.96. The Morgan fingerprint density at radius 2 is 2.35 bits per heavy atom. The molecular weight excluding hydrogens is 218 g/mol. The second kappa shape index (κ2) is 5.19. The highest BCUT2D eigenvalue weighted by molar-refractivity contribution is 5.81. The van der Waals surface area contributed by atoms with Gasteiger partial charge in [-0.05, 0) is 37.5 Å². The van der Waals surface area contributed by atoms with E-state index in [0.717, 1.165) is 18.4 Å². The Hall–Kier alpha value is -1.55. The second-order valence-electron chi connectivity index (χ2n) is 4.40. The van der Waals surface area contributed by atoms with Gasteiger partial charge in [-0.3, -0.25) is 4.79 Å². The number of carbonyl (C=O) groups is 1. The zero-order valence-electron chi connectivity index (χ0n) is 9.85. The van der Waals surface area contributed by atoms with Crippen LogP contribution in [-0.4, -0.2) is 23.2 Å². The number of carbonyl (C=O) groups excluding carboxylic acids is 1. The topological polar surface area (TPSA) is 58.6 Å².